The number of nitrogens with one attached hydrogen (secondary N) is 1. The highest BCUT2D eigenvalue weighted by atomic mass is 19.1. The molecule has 1 heterocycles. The zero-order valence-corrected chi connectivity index (χ0v) is 18.1. The van der Waals surface area contributed by atoms with E-state index in [-0.39, 0.29) is 17.7 Å². The van der Waals surface area contributed by atoms with E-state index >= 15 is 0 Å². The van der Waals surface area contributed by atoms with Gasteiger partial charge in [0.2, 0.25) is 5.91 Å². The van der Waals surface area contributed by atoms with Gasteiger partial charge in [0.25, 0.3) is 5.91 Å². The lowest BCUT2D eigenvalue weighted by Gasteiger charge is -2.37. The Hall–Kier alpha value is -2.99. The number of nitrogens with zero attached hydrogens (tertiary/aromatic N) is 2. The van der Waals surface area contributed by atoms with E-state index in [9.17, 15) is 14.0 Å². The lowest BCUT2D eigenvalue weighted by molar-refractivity contribution is -0.136. The molecule has 2 aromatic carbocycles. The molecule has 1 aliphatic heterocycles. The maximum atomic E-state index is 13.1. The Morgan fingerprint density at radius 1 is 1.00 bits per heavy atom. The fourth-order valence-electron chi connectivity index (χ4n) is 3.59. The van der Waals surface area contributed by atoms with Crippen molar-refractivity contribution in [2.24, 2.45) is 5.92 Å². The van der Waals surface area contributed by atoms with Crippen LogP contribution in [-0.4, -0.2) is 60.4 Å². The predicted molar refractivity (Wildman–Crippen MR) is 121 cm³/mol. The maximum absolute atomic E-state index is 13.1. The Balaban J connectivity index is 1.51. The molecule has 1 fully saturated rings. The summed E-state index contributed by atoms with van der Waals surface area (Å²) in [5, 5.41) is 2.84. The van der Waals surface area contributed by atoms with Crippen LogP contribution in [0, 0.1) is 11.7 Å². The molecule has 1 N–H and O–H groups in total. The minimum absolute atomic E-state index is 0.0521. The van der Waals surface area contributed by atoms with E-state index in [1.54, 1.807) is 0 Å². The second kappa shape index (κ2) is 10.9. The summed E-state index contributed by atoms with van der Waals surface area (Å²) < 4.78 is 13.1. The molecule has 1 saturated heterocycles. The molecule has 2 amide bonds. The van der Waals surface area contributed by atoms with E-state index in [2.05, 4.69) is 34.5 Å². The van der Waals surface area contributed by atoms with Crippen LogP contribution in [0.4, 0.5) is 4.39 Å². The van der Waals surface area contributed by atoms with E-state index in [1.165, 1.54) is 29.8 Å². The molecule has 0 unspecified atom stereocenters. The molecule has 0 bridgehead atoms. The van der Waals surface area contributed by atoms with E-state index in [4.69, 9.17) is 0 Å². The third-order valence-electron chi connectivity index (χ3n) is 5.48. The summed E-state index contributed by atoms with van der Waals surface area (Å²) in [5.41, 5.74) is 1.52. The first-order valence-electron chi connectivity index (χ1n) is 10.7. The number of hydrogen-bond acceptors (Lipinski definition) is 3. The molecular weight excluding hydrogens is 393 g/mol. The predicted octanol–water partition coefficient (Wildman–Crippen LogP) is 3.44. The lowest BCUT2D eigenvalue weighted by atomic mass is 10.0. The molecule has 1 atom stereocenters. The van der Waals surface area contributed by atoms with Crippen LogP contribution in [-0.2, 0) is 4.79 Å². The molecular formula is C25H30FN3O2. The first kappa shape index (κ1) is 22.7. The average Bonchev–Trinajstić information content (AvgIpc) is 2.78. The van der Waals surface area contributed by atoms with Gasteiger partial charge in [-0.15, -0.1) is 0 Å². The third-order valence-corrected chi connectivity index (χ3v) is 5.48. The fraction of sp³-hybridized carbons (Fsp3) is 0.360. The zero-order chi connectivity index (χ0) is 22.2. The minimum atomic E-state index is -0.609. The second-order valence-corrected chi connectivity index (χ2v) is 8.14. The third kappa shape index (κ3) is 6.49. The van der Waals surface area contributed by atoms with Crippen molar-refractivity contribution in [3.8, 4) is 0 Å². The Labute approximate surface area is 183 Å². The van der Waals surface area contributed by atoms with Crippen LogP contribution in [0.5, 0.6) is 0 Å². The summed E-state index contributed by atoms with van der Waals surface area (Å²) >= 11 is 0. The minimum Gasteiger partial charge on any atom is -0.340 e. The molecule has 0 aromatic heterocycles. The number of benzene rings is 2. The van der Waals surface area contributed by atoms with Crippen LogP contribution in [0.3, 0.4) is 0 Å². The van der Waals surface area contributed by atoms with Crippen LogP contribution >= 0.6 is 0 Å². The molecule has 6 heteroatoms. The van der Waals surface area contributed by atoms with Crippen LogP contribution in [0.25, 0.3) is 6.08 Å². The molecule has 5 nitrogen and oxygen atoms in total. The van der Waals surface area contributed by atoms with Crippen molar-refractivity contribution >= 4 is 17.9 Å². The summed E-state index contributed by atoms with van der Waals surface area (Å²) in [6.45, 7) is 7.52. The quantitative estimate of drug-likeness (QED) is 0.742. The van der Waals surface area contributed by atoms with Gasteiger partial charge in [0.1, 0.15) is 11.9 Å². The van der Waals surface area contributed by atoms with Crippen molar-refractivity contribution < 1.29 is 14.0 Å². The Bertz CT molecular complexity index is 889. The van der Waals surface area contributed by atoms with E-state index in [0.29, 0.717) is 18.7 Å². The Morgan fingerprint density at radius 2 is 1.65 bits per heavy atom. The molecule has 0 aliphatic carbocycles. The summed E-state index contributed by atoms with van der Waals surface area (Å²) in [5.74, 6) is -0.880. The van der Waals surface area contributed by atoms with Crippen molar-refractivity contribution in [1.29, 1.82) is 0 Å². The van der Waals surface area contributed by atoms with Gasteiger partial charge >= 0.3 is 0 Å². The number of amides is 2. The number of carbonyl (C=O) groups is 2. The average molecular weight is 424 g/mol. The Kier molecular flexibility index (Phi) is 7.95. The lowest BCUT2D eigenvalue weighted by Crippen LogP contribution is -2.56. The van der Waals surface area contributed by atoms with Crippen molar-refractivity contribution in [1.82, 2.24) is 15.1 Å². The molecule has 0 saturated carbocycles. The molecule has 3 rings (SSSR count). The van der Waals surface area contributed by atoms with Crippen LogP contribution in [0.1, 0.15) is 29.8 Å². The van der Waals surface area contributed by atoms with Crippen LogP contribution in [0.15, 0.2) is 60.7 Å². The van der Waals surface area contributed by atoms with Gasteiger partial charge in [-0.05, 0) is 35.7 Å². The van der Waals surface area contributed by atoms with Crippen molar-refractivity contribution in [2.45, 2.75) is 19.9 Å². The largest absolute Gasteiger partial charge is 0.340 e. The second-order valence-electron chi connectivity index (χ2n) is 8.14. The maximum Gasteiger partial charge on any atom is 0.251 e. The SMILES string of the molecule is CC(C)[C@H](NC(=O)c1ccc(F)cc1)C(=O)N1CCN(C/C=C/c2ccccc2)CC1. The van der Waals surface area contributed by atoms with Gasteiger partial charge in [-0.2, -0.15) is 0 Å². The zero-order valence-electron chi connectivity index (χ0n) is 18.1. The summed E-state index contributed by atoms with van der Waals surface area (Å²) in [4.78, 5) is 29.7. The summed E-state index contributed by atoms with van der Waals surface area (Å²) in [7, 11) is 0. The number of halogens is 1. The standard InChI is InChI=1S/C25H30FN3O2/c1-19(2)23(27-24(30)21-10-12-22(26)13-11-21)25(31)29-17-15-28(16-18-29)14-6-9-20-7-4-3-5-8-20/h3-13,19,23H,14-18H2,1-2H3,(H,27,30)/b9-6+/t23-/m0/s1. The van der Waals surface area contributed by atoms with Crippen molar-refractivity contribution in [3.05, 3.63) is 77.6 Å². The number of hydrogen-bond donors (Lipinski definition) is 1. The van der Waals surface area contributed by atoms with E-state index < -0.39 is 11.9 Å². The number of piperazine rings is 1. The van der Waals surface area contributed by atoms with Gasteiger partial charge in [0.05, 0.1) is 0 Å². The van der Waals surface area contributed by atoms with Gasteiger partial charge < -0.3 is 10.2 Å². The van der Waals surface area contributed by atoms with E-state index in [0.717, 1.165) is 19.6 Å². The highest BCUT2D eigenvalue weighted by molar-refractivity contribution is 5.97. The number of rotatable bonds is 7. The van der Waals surface area contributed by atoms with E-state index in [1.807, 2.05) is 36.9 Å². The fourth-order valence-corrected chi connectivity index (χ4v) is 3.59. The highest BCUT2D eigenvalue weighted by Crippen LogP contribution is 2.12. The normalized spacial score (nSPS) is 15.9. The molecule has 31 heavy (non-hydrogen) atoms. The molecule has 0 radical (unpaired) electrons. The summed E-state index contributed by atoms with van der Waals surface area (Å²) in [6.07, 6.45) is 4.25. The Morgan fingerprint density at radius 3 is 2.26 bits per heavy atom. The number of carbonyl (C=O) groups excluding carboxylic acids is 2. The van der Waals surface area contributed by atoms with Gasteiger partial charge in [0.15, 0.2) is 0 Å². The monoisotopic (exact) mass is 423 g/mol. The van der Waals surface area contributed by atoms with Crippen LogP contribution in [0.2, 0.25) is 0 Å². The van der Waals surface area contributed by atoms with Crippen molar-refractivity contribution in [3.63, 3.8) is 0 Å². The van der Waals surface area contributed by atoms with Gasteiger partial charge in [-0.1, -0.05) is 56.3 Å². The molecule has 1 aliphatic rings. The molecule has 2 aromatic rings. The van der Waals surface area contributed by atoms with Gasteiger partial charge in [0, 0.05) is 38.3 Å². The smallest absolute Gasteiger partial charge is 0.251 e. The highest BCUT2D eigenvalue weighted by Gasteiger charge is 2.30. The van der Waals surface area contributed by atoms with Gasteiger partial charge in [-0.3, -0.25) is 14.5 Å². The first-order chi connectivity index (χ1) is 14.9. The molecule has 164 valence electrons. The first-order valence-corrected chi connectivity index (χ1v) is 10.7. The summed E-state index contributed by atoms with van der Waals surface area (Å²) in [6, 6.07) is 14.9. The molecule has 0 spiro atoms. The van der Waals surface area contributed by atoms with Crippen LogP contribution < -0.4 is 5.32 Å². The van der Waals surface area contributed by atoms with Gasteiger partial charge in [-0.25, -0.2) is 4.39 Å². The topological polar surface area (TPSA) is 52.7 Å². The van der Waals surface area contributed by atoms with Crippen molar-refractivity contribution in [2.75, 3.05) is 32.7 Å².